The molecule has 1 rings (SSSR count). The fourth-order valence-electron chi connectivity index (χ4n) is 2.28. The highest BCUT2D eigenvalue weighted by Gasteiger charge is 2.14. The van der Waals surface area contributed by atoms with E-state index in [2.05, 4.69) is 26.1 Å². The van der Waals surface area contributed by atoms with E-state index in [-0.39, 0.29) is 11.4 Å². The van der Waals surface area contributed by atoms with Gasteiger partial charge in [0.15, 0.2) is 0 Å². The van der Waals surface area contributed by atoms with Crippen molar-refractivity contribution in [2.24, 2.45) is 11.7 Å². The Morgan fingerprint density at radius 1 is 1.37 bits per heavy atom. The Labute approximate surface area is 114 Å². The number of rotatable bonds is 7. The van der Waals surface area contributed by atoms with Gasteiger partial charge in [-0.25, -0.2) is 4.39 Å². The number of amides is 1. The van der Waals surface area contributed by atoms with E-state index in [9.17, 15) is 9.18 Å². The smallest absolute Gasteiger partial charge is 0.248 e. The van der Waals surface area contributed by atoms with Gasteiger partial charge in [0.25, 0.3) is 0 Å². The zero-order chi connectivity index (χ0) is 14.4. The van der Waals surface area contributed by atoms with Gasteiger partial charge >= 0.3 is 0 Å². The number of primary amides is 1. The van der Waals surface area contributed by atoms with Crippen molar-refractivity contribution < 1.29 is 9.18 Å². The van der Waals surface area contributed by atoms with E-state index in [0.29, 0.717) is 24.1 Å². The summed E-state index contributed by atoms with van der Waals surface area (Å²) in [5, 5.41) is 3.33. The maximum Gasteiger partial charge on any atom is 0.248 e. The SMILES string of the molecule is CCC(CC)C(C)NCc1ccc(C(N)=O)cc1F. The molecule has 4 heteroatoms. The summed E-state index contributed by atoms with van der Waals surface area (Å²) in [4.78, 5) is 10.9. The van der Waals surface area contributed by atoms with Gasteiger partial charge in [0.05, 0.1) is 0 Å². The summed E-state index contributed by atoms with van der Waals surface area (Å²) in [6, 6.07) is 4.71. The molecular weight excluding hydrogens is 243 g/mol. The zero-order valence-corrected chi connectivity index (χ0v) is 11.9. The van der Waals surface area contributed by atoms with Crippen LogP contribution in [0, 0.1) is 11.7 Å². The van der Waals surface area contributed by atoms with Gasteiger partial charge in [-0.1, -0.05) is 32.8 Å². The molecule has 0 radical (unpaired) electrons. The number of halogens is 1. The molecule has 3 nitrogen and oxygen atoms in total. The third kappa shape index (κ3) is 4.31. The standard InChI is InChI=1S/C15H23FN2O/c1-4-11(5-2)10(3)18-9-13-7-6-12(15(17)19)8-14(13)16/h6-8,10-11,18H,4-5,9H2,1-3H3,(H2,17,19). The monoisotopic (exact) mass is 266 g/mol. The Kier molecular flexibility index (Phi) is 5.96. The molecule has 3 N–H and O–H groups in total. The summed E-state index contributed by atoms with van der Waals surface area (Å²) >= 11 is 0. The van der Waals surface area contributed by atoms with Crippen LogP contribution < -0.4 is 11.1 Å². The van der Waals surface area contributed by atoms with Crippen LogP contribution in [0.25, 0.3) is 0 Å². The Hall–Kier alpha value is -1.42. The minimum Gasteiger partial charge on any atom is -0.366 e. The second kappa shape index (κ2) is 7.24. The van der Waals surface area contributed by atoms with Crippen molar-refractivity contribution in [2.45, 2.75) is 46.2 Å². The number of nitrogens with two attached hydrogens (primary N) is 1. The predicted octanol–water partition coefficient (Wildman–Crippen LogP) is 2.84. The third-order valence-corrected chi connectivity index (χ3v) is 3.71. The molecule has 1 atom stereocenters. The maximum atomic E-state index is 13.8. The maximum absolute atomic E-state index is 13.8. The Morgan fingerprint density at radius 3 is 2.47 bits per heavy atom. The highest BCUT2D eigenvalue weighted by molar-refractivity contribution is 5.92. The highest BCUT2D eigenvalue weighted by atomic mass is 19.1. The number of nitrogens with one attached hydrogen (secondary N) is 1. The minimum atomic E-state index is -0.608. The highest BCUT2D eigenvalue weighted by Crippen LogP contribution is 2.15. The van der Waals surface area contributed by atoms with Crippen LogP contribution in [0.1, 0.15) is 49.5 Å². The van der Waals surface area contributed by atoms with Crippen LogP contribution in [0.3, 0.4) is 0 Å². The summed E-state index contributed by atoms with van der Waals surface area (Å²) in [6.07, 6.45) is 2.21. The molecule has 0 spiro atoms. The van der Waals surface area contributed by atoms with Crippen molar-refractivity contribution in [3.8, 4) is 0 Å². The van der Waals surface area contributed by atoms with E-state index < -0.39 is 5.91 Å². The van der Waals surface area contributed by atoms with Gasteiger partial charge in [-0.2, -0.15) is 0 Å². The molecule has 0 heterocycles. The molecule has 0 saturated heterocycles. The van der Waals surface area contributed by atoms with Crippen LogP contribution in [-0.4, -0.2) is 11.9 Å². The molecule has 106 valence electrons. The van der Waals surface area contributed by atoms with Crippen LogP contribution in [0.15, 0.2) is 18.2 Å². The summed E-state index contributed by atoms with van der Waals surface area (Å²) in [5.41, 5.74) is 5.87. The molecule has 0 bridgehead atoms. The average molecular weight is 266 g/mol. The molecule has 1 aromatic rings. The molecule has 1 amide bonds. The summed E-state index contributed by atoms with van der Waals surface area (Å²) in [7, 11) is 0. The number of carbonyl (C=O) groups is 1. The van der Waals surface area contributed by atoms with Gasteiger partial charge in [-0.15, -0.1) is 0 Å². The number of hydrogen-bond acceptors (Lipinski definition) is 2. The van der Waals surface area contributed by atoms with Crippen LogP contribution in [-0.2, 0) is 6.54 Å². The molecule has 0 aliphatic heterocycles. The second-order valence-corrected chi connectivity index (χ2v) is 4.92. The largest absolute Gasteiger partial charge is 0.366 e. The van der Waals surface area contributed by atoms with Crippen molar-refractivity contribution in [3.05, 3.63) is 35.1 Å². The lowest BCUT2D eigenvalue weighted by Crippen LogP contribution is -2.32. The predicted molar refractivity (Wildman–Crippen MR) is 75.3 cm³/mol. The van der Waals surface area contributed by atoms with E-state index in [1.807, 2.05) is 0 Å². The number of carbonyl (C=O) groups excluding carboxylic acids is 1. The van der Waals surface area contributed by atoms with Crippen molar-refractivity contribution >= 4 is 5.91 Å². The fraction of sp³-hybridized carbons (Fsp3) is 0.533. The average Bonchev–Trinajstić information content (AvgIpc) is 2.38. The first kappa shape index (κ1) is 15.6. The van der Waals surface area contributed by atoms with Gasteiger partial charge in [0, 0.05) is 23.7 Å². The second-order valence-electron chi connectivity index (χ2n) is 4.92. The summed E-state index contributed by atoms with van der Waals surface area (Å²) in [5.74, 6) is -0.405. The molecule has 0 saturated carbocycles. The minimum absolute atomic E-state index is 0.203. The van der Waals surface area contributed by atoms with Gasteiger partial charge in [0.1, 0.15) is 5.82 Å². The van der Waals surface area contributed by atoms with E-state index in [0.717, 1.165) is 12.8 Å². The van der Waals surface area contributed by atoms with Crippen LogP contribution in [0.5, 0.6) is 0 Å². The van der Waals surface area contributed by atoms with E-state index in [4.69, 9.17) is 5.73 Å². The Morgan fingerprint density at radius 2 is 2.00 bits per heavy atom. The van der Waals surface area contributed by atoms with Gasteiger partial charge in [0.2, 0.25) is 5.91 Å². The fourth-order valence-corrected chi connectivity index (χ4v) is 2.28. The summed E-state index contributed by atoms with van der Waals surface area (Å²) < 4.78 is 13.8. The van der Waals surface area contributed by atoms with Crippen molar-refractivity contribution in [3.63, 3.8) is 0 Å². The molecule has 19 heavy (non-hydrogen) atoms. The van der Waals surface area contributed by atoms with E-state index >= 15 is 0 Å². The summed E-state index contributed by atoms with van der Waals surface area (Å²) in [6.45, 7) is 6.90. The topological polar surface area (TPSA) is 55.1 Å². The first-order valence-electron chi connectivity index (χ1n) is 6.81. The molecular formula is C15H23FN2O. The normalized spacial score (nSPS) is 12.7. The van der Waals surface area contributed by atoms with Crippen molar-refractivity contribution in [1.29, 1.82) is 0 Å². The lowest BCUT2D eigenvalue weighted by atomic mass is 9.95. The molecule has 0 aromatic heterocycles. The molecule has 0 fully saturated rings. The van der Waals surface area contributed by atoms with Gasteiger partial charge in [-0.05, 0) is 25.0 Å². The van der Waals surface area contributed by atoms with Crippen molar-refractivity contribution in [2.75, 3.05) is 0 Å². The number of benzene rings is 1. The lowest BCUT2D eigenvalue weighted by molar-refractivity contribution is 0.1000. The van der Waals surface area contributed by atoms with Crippen LogP contribution >= 0.6 is 0 Å². The molecule has 0 aliphatic rings. The van der Waals surface area contributed by atoms with Gasteiger partial charge in [-0.3, -0.25) is 4.79 Å². The van der Waals surface area contributed by atoms with Crippen molar-refractivity contribution in [1.82, 2.24) is 5.32 Å². The number of hydrogen-bond donors (Lipinski definition) is 2. The van der Waals surface area contributed by atoms with E-state index in [1.54, 1.807) is 12.1 Å². The van der Waals surface area contributed by atoms with Gasteiger partial charge < -0.3 is 11.1 Å². The zero-order valence-electron chi connectivity index (χ0n) is 11.9. The Bertz CT molecular complexity index is 430. The third-order valence-electron chi connectivity index (χ3n) is 3.71. The first-order chi connectivity index (χ1) is 8.99. The molecule has 0 aliphatic carbocycles. The van der Waals surface area contributed by atoms with E-state index in [1.165, 1.54) is 6.07 Å². The van der Waals surface area contributed by atoms with Crippen LogP contribution in [0.4, 0.5) is 4.39 Å². The quantitative estimate of drug-likeness (QED) is 0.797. The molecule has 1 aromatic carbocycles. The molecule has 1 unspecified atom stereocenters. The lowest BCUT2D eigenvalue weighted by Gasteiger charge is -2.22. The Balaban J connectivity index is 2.65. The first-order valence-corrected chi connectivity index (χ1v) is 6.81. The van der Waals surface area contributed by atoms with Crippen LogP contribution in [0.2, 0.25) is 0 Å².